The van der Waals surface area contributed by atoms with Crippen LogP contribution in [0.2, 0.25) is 0 Å². The van der Waals surface area contributed by atoms with Crippen LogP contribution < -0.4 is 5.32 Å². The van der Waals surface area contributed by atoms with E-state index >= 15 is 0 Å². The van der Waals surface area contributed by atoms with Gasteiger partial charge in [-0.2, -0.15) is 0 Å². The zero-order chi connectivity index (χ0) is 7.24. The molecule has 1 spiro atoms. The highest BCUT2D eigenvalue weighted by atomic mass is 15.1. The van der Waals surface area contributed by atoms with Gasteiger partial charge in [-0.1, -0.05) is 13.8 Å². The van der Waals surface area contributed by atoms with Crippen molar-refractivity contribution in [2.24, 2.45) is 5.41 Å². The molecule has 58 valence electrons. The second-order valence-corrected chi connectivity index (χ2v) is 4.80. The van der Waals surface area contributed by atoms with Crippen LogP contribution in [0.4, 0.5) is 0 Å². The SMILES string of the molecule is CC1(C)CCC2(CCN2)C1. The van der Waals surface area contributed by atoms with E-state index in [1.54, 1.807) is 0 Å². The normalized spacial score (nSPS) is 43.8. The molecule has 0 aromatic heterocycles. The molecular weight excluding hydrogens is 122 g/mol. The smallest absolute Gasteiger partial charge is 0.0198 e. The van der Waals surface area contributed by atoms with Crippen LogP contribution in [0.1, 0.15) is 39.5 Å². The van der Waals surface area contributed by atoms with Crippen molar-refractivity contribution in [2.75, 3.05) is 6.54 Å². The maximum Gasteiger partial charge on any atom is 0.0198 e. The Balaban J connectivity index is 2.05. The molecule has 1 N–H and O–H groups in total. The first-order chi connectivity index (χ1) is 4.62. The van der Waals surface area contributed by atoms with E-state index in [0.717, 1.165) is 0 Å². The lowest BCUT2D eigenvalue weighted by atomic mass is 9.82. The van der Waals surface area contributed by atoms with Crippen molar-refractivity contribution >= 4 is 0 Å². The topological polar surface area (TPSA) is 12.0 Å². The summed E-state index contributed by atoms with van der Waals surface area (Å²) < 4.78 is 0. The minimum Gasteiger partial charge on any atom is -0.311 e. The Hall–Kier alpha value is -0.0400. The van der Waals surface area contributed by atoms with Crippen LogP contribution in [0.25, 0.3) is 0 Å². The Morgan fingerprint density at radius 2 is 1.80 bits per heavy atom. The molecule has 1 saturated carbocycles. The Morgan fingerprint density at radius 1 is 1.10 bits per heavy atom. The van der Waals surface area contributed by atoms with E-state index in [0.29, 0.717) is 11.0 Å². The van der Waals surface area contributed by atoms with Crippen molar-refractivity contribution in [1.82, 2.24) is 5.32 Å². The van der Waals surface area contributed by atoms with Gasteiger partial charge in [-0.25, -0.2) is 0 Å². The van der Waals surface area contributed by atoms with Crippen LogP contribution in [0.5, 0.6) is 0 Å². The van der Waals surface area contributed by atoms with E-state index in [-0.39, 0.29) is 0 Å². The summed E-state index contributed by atoms with van der Waals surface area (Å²) >= 11 is 0. The van der Waals surface area contributed by atoms with Gasteiger partial charge in [0.2, 0.25) is 0 Å². The second-order valence-electron chi connectivity index (χ2n) is 4.80. The van der Waals surface area contributed by atoms with Crippen molar-refractivity contribution in [3.05, 3.63) is 0 Å². The van der Waals surface area contributed by atoms with Crippen LogP contribution in [0.3, 0.4) is 0 Å². The van der Waals surface area contributed by atoms with E-state index in [1.165, 1.54) is 32.2 Å². The first-order valence-electron chi connectivity index (χ1n) is 4.37. The summed E-state index contributed by atoms with van der Waals surface area (Å²) in [7, 11) is 0. The monoisotopic (exact) mass is 139 g/mol. The Kier molecular flexibility index (Phi) is 1.17. The molecular formula is C9H17N. The number of hydrogen-bond donors (Lipinski definition) is 1. The average molecular weight is 139 g/mol. The fraction of sp³-hybridized carbons (Fsp3) is 1.00. The van der Waals surface area contributed by atoms with Gasteiger partial charge in [-0.05, 0) is 37.6 Å². The molecule has 2 aliphatic rings. The van der Waals surface area contributed by atoms with Gasteiger partial charge in [0.1, 0.15) is 0 Å². The molecule has 1 saturated heterocycles. The predicted octanol–water partition coefficient (Wildman–Crippen LogP) is 1.93. The zero-order valence-electron chi connectivity index (χ0n) is 7.04. The van der Waals surface area contributed by atoms with Crippen LogP contribution in [0.15, 0.2) is 0 Å². The lowest BCUT2D eigenvalue weighted by molar-refractivity contribution is 0.192. The van der Waals surface area contributed by atoms with Crippen LogP contribution in [-0.2, 0) is 0 Å². The molecule has 0 aromatic carbocycles. The van der Waals surface area contributed by atoms with Gasteiger partial charge in [-0.15, -0.1) is 0 Å². The van der Waals surface area contributed by atoms with Gasteiger partial charge in [-0.3, -0.25) is 0 Å². The van der Waals surface area contributed by atoms with Crippen molar-refractivity contribution in [3.8, 4) is 0 Å². The maximum absolute atomic E-state index is 3.58. The van der Waals surface area contributed by atoms with Gasteiger partial charge in [0, 0.05) is 5.54 Å². The lowest BCUT2D eigenvalue weighted by Gasteiger charge is -2.41. The predicted molar refractivity (Wildman–Crippen MR) is 43.0 cm³/mol. The van der Waals surface area contributed by atoms with Crippen LogP contribution >= 0.6 is 0 Å². The van der Waals surface area contributed by atoms with Crippen molar-refractivity contribution in [1.29, 1.82) is 0 Å². The number of nitrogens with one attached hydrogen (secondary N) is 1. The van der Waals surface area contributed by atoms with Gasteiger partial charge in [0.25, 0.3) is 0 Å². The molecule has 1 atom stereocenters. The molecule has 0 radical (unpaired) electrons. The highest BCUT2D eigenvalue weighted by molar-refractivity contribution is 5.05. The van der Waals surface area contributed by atoms with Crippen LogP contribution in [0, 0.1) is 5.41 Å². The third kappa shape index (κ3) is 0.878. The maximum atomic E-state index is 3.58. The lowest BCUT2D eigenvalue weighted by Crippen LogP contribution is -2.55. The van der Waals surface area contributed by atoms with Gasteiger partial charge in [0.05, 0.1) is 0 Å². The molecule has 10 heavy (non-hydrogen) atoms. The molecule has 2 fully saturated rings. The Labute approximate surface area is 63.2 Å². The fourth-order valence-electron chi connectivity index (χ4n) is 2.51. The summed E-state index contributed by atoms with van der Waals surface area (Å²) in [5.41, 5.74) is 1.22. The zero-order valence-corrected chi connectivity index (χ0v) is 7.04. The highest BCUT2D eigenvalue weighted by Crippen LogP contribution is 2.47. The minimum absolute atomic E-state index is 0.601. The summed E-state index contributed by atoms with van der Waals surface area (Å²) in [6, 6.07) is 0. The fourth-order valence-corrected chi connectivity index (χ4v) is 2.51. The molecule has 2 rings (SSSR count). The largest absolute Gasteiger partial charge is 0.311 e. The summed E-state index contributed by atoms with van der Waals surface area (Å²) in [5.74, 6) is 0. The van der Waals surface area contributed by atoms with Gasteiger partial charge >= 0.3 is 0 Å². The summed E-state index contributed by atoms with van der Waals surface area (Å²) in [6.07, 6.45) is 5.66. The van der Waals surface area contributed by atoms with E-state index in [1.807, 2.05) is 0 Å². The average Bonchev–Trinajstić information content (AvgIpc) is 2.04. The van der Waals surface area contributed by atoms with E-state index in [9.17, 15) is 0 Å². The van der Waals surface area contributed by atoms with Gasteiger partial charge < -0.3 is 5.32 Å². The summed E-state index contributed by atoms with van der Waals surface area (Å²) in [6.45, 7) is 6.04. The third-order valence-corrected chi connectivity index (χ3v) is 3.20. The number of rotatable bonds is 0. The van der Waals surface area contributed by atoms with Gasteiger partial charge in [0.15, 0.2) is 0 Å². The first-order valence-corrected chi connectivity index (χ1v) is 4.37. The second kappa shape index (κ2) is 1.76. The van der Waals surface area contributed by atoms with Crippen molar-refractivity contribution in [3.63, 3.8) is 0 Å². The summed E-state index contributed by atoms with van der Waals surface area (Å²) in [5, 5.41) is 3.58. The Morgan fingerprint density at radius 3 is 2.00 bits per heavy atom. The molecule has 1 nitrogen and oxygen atoms in total. The molecule has 0 amide bonds. The Bertz CT molecular complexity index is 145. The molecule has 1 heterocycles. The van der Waals surface area contributed by atoms with E-state index in [4.69, 9.17) is 0 Å². The van der Waals surface area contributed by atoms with E-state index < -0.39 is 0 Å². The molecule has 0 aromatic rings. The van der Waals surface area contributed by atoms with Crippen molar-refractivity contribution in [2.45, 2.75) is 45.1 Å². The first kappa shape index (κ1) is 6.66. The molecule has 1 heteroatoms. The molecule has 1 aliphatic heterocycles. The minimum atomic E-state index is 0.601. The standard InChI is InChI=1S/C9H17N/c1-8(2)3-4-9(7-8)5-6-10-9/h10H,3-7H2,1-2H3. The molecule has 0 bridgehead atoms. The third-order valence-electron chi connectivity index (χ3n) is 3.20. The van der Waals surface area contributed by atoms with E-state index in [2.05, 4.69) is 19.2 Å². The van der Waals surface area contributed by atoms with Crippen LogP contribution in [-0.4, -0.2) is 12.1 Å². The van der Waals surface area contributed by atoms with Crippen molar-refractivity contribution < 1.29 is 0 Å². The molecule has 1 aliphatic carbocycles. The molecule has 1 unspecified atom stereocenters. The number of hydrogen-bond acceptors (Lipinski definition) is 1. The summed E-state index contributed by atoms with van der Waals surface area (Å²) in [4.78, 5) is 0. The quantitative estimate of drug-likeness (QED) is 0.540. The highest BCUT2D eigenvalue weighted by Gasteiger charge is 2.46.